The van der Waals surface area contributed by atoms with Crippen LogP contribution in [0.25, 0.3) is 21.9 Å². The van der Waals surface area contributed by atoms with E-state index in [1.165, 1.54) is 18.3 Å². The molecular weight excluding hydrogens is 724 g/mol. The zero-order valence-corrected chi connectivity index (χ0v) is 31.0. The monoisotopic (exact) mass is 764 g/mol. The normalized spacial score (nSPS) is 17.7. The number of carbonyl (C=O) groups is 4. The molecule has 2 fully saturated rings. The molecule has 7 rings (SSSR count). The third-order valence-corrected chi connectivity index (χ3v) is 9.98. The molecule has 56 heavy (non-hydrogen) atoms. The number of hydrogen-bond acceptors (Lipinski definition) is 14. The molecule has 0 saturated carbocycles. The lowest BCUT2D eigenvalue weighted by atomic mass is 9.98. The first kappa shape index (κ1) is 37.8. The van der Waals surface area contributed by atoms with Crippen molar-refractivity contribution in [3.05, 3.63) is 82.0 Å². The molecule has 4 amide bonds. The highest BCUT2D eigenvalue weighted by molar-refractivity contribution is 6.31. The number of nitrogens with two attached hydrogens (primary N) is 1. The maximum absolute atomic E-state index is 13.1. The highest BCUT2D eigenvalue weighted by atomic mass is 16.5. The Labute approximate surface area is 320 Å². The van der Waals surface area contributed by atoms with Gasteiger partial charge in [-0.25, -0.2) is 0 Å². The molecule has 3 aliphatic heterocycles. The number of fused-ring (bicyclic) bond motifs is 2. The lowest BCUT2D eigenvalue weighted by molar-refractivity contribution is -0.136. The van der Waals surface area contributed by atoms with E-state index in [0.29, 0.717) is 48.0 Å². The van der Waals surface area contributed by atoms with E-state index in [0.717, 1.165) is 27.0 Å². The van der Waals surface area contributed by atoms with Gasteiger partial charge in [0, 0.05) is 63.5 Å². The highest BCUT2D eigenvalue weighted by Crippen LogP contribution is 2.38. The maximum Gasteiger partial charge on any atom is 0.262 e. The predicted octanol–water partition coefficient (Wildman–Crippen LogP) is 1.68. The maximum atomic E-state index is 13.1. The van der Waals surface area contributed by atoms with Crippen molar-refractivity contribution in [3.8, 4) is 28.4 Å². The fourth-order valence-electron chi connectivity index (χ4n) is 7.05. The molecule has 2 aromatic heterocycles. The zero-order valence-electron chi connectivity index (χ0n) is 31.0. The molecule has 5 heterocycles. The third kappa shape index (κ3) is 7.45. The topological polar surface area (TPSA) is 209 Å². The number of benzene rings is 2. The lowest BCUT2D eigenvalue weighted by Gasteiger charge is -2.39. The van der Waals surface area contributed by atoms with Gasteiger partial charge in [-0.15, -0.1) is 0 Å². The molecule has 4 aromatic rings. The van der Waals surface area contributed by atoms with Crippen molar-refractivity contribution in [2.45, 2.75) is 31.5 Å². The zero-order chi connectivity index (χ0) is 39.5. The van der Waals surface area contributed by atoms with Gasteiger partial charge in [0.05, 0.1) is 55.6 Å². The minimum atomic E-state index is -1.04. The highest BCUT2D eigenvalue weighted by Gasteiger charge is 2.44. The van der Waals surface area contributed by atoms with Crippen LogP contribution in [0.2, 0.25) is 0 Å². The number of rotatable bonds is 14. The molecule has 0 spiro atoms. The number of piperidine rings is 1. The standard InChI is InChI=1S/C39H40N8O9/c1-45-19-30(26-8-9-41-16-29(26)37(45)50)22-12-33(53-2)31(34(13-22)54-3)20-46-17-25(18-46)56-21-23(44-40)15-42-10-11-55-24-4-5-27-28(14-24)39(52)47(38(27)51)32-6-7-35(48)43-36(32)49/h4-5,8-9,12-16,19,25,32H,6-7,10-11,17-18,20-21,40H2,1-3H3,(H,43,48,49). The van der Waals surface area contributed by atoms with Crippen molar-refractivity contribution in [3.63, 3.8) is 0 Å². The Morgan fingerprint density at radius 1 is 0.982 bits per heavy atom. The number of ether oxygens (including phenoxy) is 4. The molecule has 2 aromatic carbocycles. The van der Waals surface area contributed by atoms with Crippen molar-refractivity contribution >= 4 is 46.3 Å². The van der Waals surface area contributed by atoms with Crippen molar-refractivity contribution in [2.75, 3.05) is 47.1 Å². The van der Waals surface area contributed by atoms with Gasteiger partial charge in [0.2, 0.25) is 11.8 Å². The average Bonchev–Trinajstić information content (AvgIpc) is 3.43. The van der Waals surface area contributed by atoms with Crippen LogP contribution in [-0.4, -0.2) is 114 Å². The second-order valence-corrected chi connectivity index (χ2v) is 13.5. The van der Waals surface area contributed by atoms with Crippen LogP contribution >= 0.6 is 0 Å². The van der Waals surface area contributed by atoms with Gasteiger partial charge < -0.3 is 29.4 Å². The van der Waals surface area contributed by atoms with E-state index < -0.39 is 29.7 Å². The number of pyridine rings is 2. The van der Waals surface area contributed by atoms with E-state index in [4.69, 9.17) is 24.8 Å². The van der Waals surface area contributed by atoms with Gasteiger partial charge in [0.25, 0.3) is 17.4 Å². The average molecular weight is 765 g/mol. The largest absolute Gasteiger partial charge is 0.496 e. The van der Waals surface area contributed by atoms with Gasteiger partial charge in [0.15, 0.2) is 0 Å². The molecular formula is C39H40N8O9. The van der Waals surface area contributed by atoms with E-state index in [2.05, 4.69) is 25.3 Å². The Hall–Kier alpha value is -6.46. The minimum Gasteiger partial charge on any atom is -0.496 e. The van der Waals surface area contributed by atoms with Gasteiger partial charge in [-0.05, 0) is 53.8 Å². The van der Waals surface area contributed by atoms with Crippen LogP contribution in [0.4, 0.5) is 0 Å². The molecule has 17 nitrogen and oxygen atoms in total. The summed E-state index contributed by atoms with van der Waals surface area (Å²) in [6.45, 7) is 2.47. The number of nitrogens with zero attached hydrogens (tertiary/aromatic N) is 6. The number of nitrogens with one attached hydrogen (secondary N) is 1. The summed E-state index contributed by atoms with van der Waals surface area (Å²) in [5, 5.41) is 7.29. The molecule has 0 aliphatic carbocycles. The number of methoxy groups -OCH3 is 2. The first-order chi connectivity index (χ1) is 27.1. The molecule has 3 aliphatic rings. The van der Waals surface area contributed by atoms with E-state index in [-0.39, 0.29) is 55.4 Å². The molecule has 17 heteroatoms. The van der Waals surface area contributed by atoms with Crippen LogP contribution in [0.5, 0.6) is 17.2 Å². The summed E-state index contributed by atoms with van der Waals surface area (Å²) in [5.74, 6) is 4.98. The molecule has 1 unspecified atom stereocenters. The molecule has 290 valence electrons. The SMILES string of the molecule is COc1cc(-c2cn(C)c(=O)c3cnccc23)cc(OC)c1CN1CC(OCC(C=NCCOc2ccc3c(c2)C(=O)N(C2CCC(=O)NC2=O)C3=O)=NN)C1. The van der Waals surface area contributed by atoms with E-state index >= 15 is 0 Å². The van der Waals surface area contributed by atoms with E-state index in [9.17, 15) is 24.0 Å². The Bertz CT molecular complexity index is 2330. The van der Waals surface area contributed by atoms with Crippen molar-refractivity contribution in [1.82, 2.24) is 24.7 Å². The predicted molar refractivity (Wildman–Crippen MR) is 204 cm³/mol. The number of aryl methyl sites for hydroxylation is 1. The Morgan fingerprint density at radius 3 is 2.45 bits per heavy atom. The third-order valence-electron chi connectivity index (χ3n) is 9.98. The van der Waals surface area contributed by atoms with Gasteiger partial charge in [-0.2, -0.15) is 5.10 Å². The van der Waals surface area contributed by atoms with Gasteiger partial charge in [0.1, 0.15) is 35.6 Å². The van der Waals surface area contributed by atoms with Crippen molar-refractivity contribution < 1.29 is 38.1 Å². The van der Waals surface area contributed by atoms with Crippen LogP contribution in [0.1, 0.15) is 39.1 Å². The summed E-state index contributed by atoms with van der Waals surface area (Å²) in [6.07, 6.45) is 6.64. The fourth-order valence-corrected chi connectivity index (χ4v) is 7.05. The van der Waals surface area contributed by atoms with Crippen LogP contribution in [0.15, 0.2) is 69.9 Å². The first-order valence-electron chi connectivity index (χ1n) is 17.9. The fraction of sp³-hybridized carbons (Fsp3) is 0.333. The summed E-state index contributed by atoms with van der Waals surface area (Å²) in [5.41, 5.74) is 3.21. The summed E-state index contributed by atoms with van der Waals surface area (Å²) in [6, 6.07) is 9.21. The number of amides is 4. The summed E-state index contributed by atoms with van der Waals surface area (Å²) in [7, 11) is 4.95. The number of aromatic nitrogens is 2. The van der Waals surface area contributed by atoms with Gasteiger partial charge >= 0.3 is 0 Å². The van der Waals surface area contributed by atoms with E-state index in [1.807, 2.05) is 18.2 Å². The number of imide groups is 2. The molecule has 0 radical (unpaired) electrons. The van der Waals surface area contributed by atoms with Crippen LogP contribution in [0, 0.1) is 0 Å². The quantitative estimate of drug-likeness (QED) is 0.0618. The van der Waals surface area contributed by atoms with Crippen LogP contribution in [0.3, 0.4) is 0 Å². The number of hydrazone groups is 1. The summed E-state index contributed by atoms with van der Waals surface area (Å²) >= 11 is 0. The van der Waals surface area contributed by atoms with Gasteiger partial charge in [-0.1, -0.05) is 0 Å². The second-order valence-electron chi connectivity index (χ2n) is 13.5. The summed E-state index contributed by atoms with van der Waals surface area (Å²) < 4.78 is 25.0. The molecule has 0 bridgehead atoms. The van der Waals surface area contributed by atoms with Gasteiger partial charge in [-0.3, -0.25) is 49.1 Å². The minimum absolute atomic E-state index is 0.0442. The Morgan fingerprint density at radius 2 is 1.73 bits per heavy atom. The summed E-state index contributed by atoms with van der Waals surface area (Å²) in [4.78, 5) is 74.1. The molecule has 3 N–H and O–H groups in total. The van der Waals surface area contributed by atoms with Crippen LogP contribution in [-0.2, 0) is 27.9 Å². The van der Waals surface area contributed by atoms with Crippen molar-refractivity contribution in [1.29, 1.82) is 0 Å². The molecule has 1 atom stereocenters. The first-order valence-corrected chi connectivity index (χ1v) is 17.9. The smallest absolute Gasteiger partial charge is 0.262 e. The van der Waals surface area contributed by atoms with Crippen molar-refractivity contribution in [2.24, 2.45) is 23.0 Å². The Kier molecular flexibility index (Phi) is 10.9. The number of hydrogen-bond donors (Lipinski definition) is 2. The number of aliphatic imine (C=N–C) groups is 1. The lowest BCUT2D eigenvalue weighted by Crippen LogP contribution is -2.54. The number of likely N-dealkylation sites (tertiary alicyclic amines) is 1. The Balaban J connectivity index is 0.883. The van der Waals surface area contributed by atoms with Crippen LogP contribution < -0.4 is 30.9 Å². The van der Waals surface area contributed by atoms with E-state index in [1.54, 1.807) is 50.5 Å². The number of carbonyl (C=O) groups excluding carboxylic acids is 4. The second kappa shape index (κ2) is 16.1. The molecule has 2 saturated heterocycles.